The molecule has 0 aliphatic carbocycles. The molecule has 2 aromatic rings. The zero-order valence-electron chi connectivity index (χ0n) is 19.1. The minimum Gasteiger partial charge on any atom is -0.365 e. The molecule has 2 N–H and O–H groups in total. The van der Waals surface area contributed by atoms with Crippen LogP contribution in [0.4, 0.5) is 17.2 Å². The van der Waals surface area contributed by atoms with Crippen molar-refractivity contribution in [3.63, 3.8) is 0 Å². The number of hydrogen-bond donors (Lipinski definition) is 1. The summed E-state index contributed by atoms with van der Waals surface area (Å²) in [6.07, 6.45) is 3.43. The van der Waals surface area contributed by atoms with Crippen LogP contribution in [0.3, 0.4) is 0 Å². The fourth-order valence-corrected chi connectivity index (χ4v) is 5.21. The Kier molecular flexibility index (Phi) is 7.85. The van der Waals surface area contributed by atoms with Crippen LogP contribution in [0, 0.1) is 17.9 Å². The number of anilines is 2. The van der Waals surface area contributed by atoms with Gasteiger partial charge in [0.15, 0.2) is 0 Å². The van der Waals surface area contributed by atoms with Crippen molar-refractivity contribution in [2.75, 3.05) is 35.6 Å². The molecule has 2 heterocycles. The number of pyridine rings is 1. The van der Waals surface area contributed by atoms with Gasteiger partial charge in [0.2, 0.25) is 15.7 Å². The second-order valence-corrected chi connectivity index (χ2v) is 11.0. The van der Waals surface area contributed by atoms with Crippen LogP contribution in [0.5, 0.6) is 0 Å². The Morgan fingerprint density at radius 1 is 1.33 bits per heavy atom. The highest BCUT2D eigenvalue weighted by molar-refractivity contribution is 7.98. The van der Waals surface area contributed by atoms with Gasteiger partial charge in [-0.1, -0.05) is 19.1 Å². The molecule has 0 saturated carbocycles. The summed E-state index contributed by atoms with van der Waals surface area (Å²) in [4.78, 5) is 10.6. The van der Waals surface area contributed by atoms with E-state index in [9.17, 15) is 13.7 Å². The highest BCUT2D eigenvalue weighted by atomic mass is 32.2. The van der Waals surface area contributed by atoms with Crippen molar-refractivity contribution in [3.05, 3.63) is 52.4 Å². The van der Waals surface area contributed by atoms with Gasteiger partial charge in [-0.25, -0.2) is 18.2 Å². The minimum absolute atomic E-state index is 0.167. The highest BCUT2D eigenvalue weighted by Gasteiger charge is 2.25. The van der Waals surface area contributed by atoms with Gasteiger partial charge < -0.3 is 10.6 Å². The topological polar surface area (TPSA) is 108 Å². The first-order chi connectivity index (χ1) is 15.7. The number of sulfonamides is 1. The molecule has 174 valence electrons. The first-order valence-electron chi connectivity index (χ1n) is 10.7. The summed E-state index contributed by atoms with van der Waals surface area (Å²) in [6.45, 7) is 11.2. The molecular weight excluding hydrogens is 456 g/mol. The molecule has 10 heteroatoms. The summed E-state index contributed by atoms with van der Waals surface area (Å²) in [7, 11) is -1.80. The average molecular weight is 485 g/mol. The molecular formula is C23H28N6O2S2. The van der Waals surface area contributed by atoms with E-state index in [1.165, 1.54) is 23.1 Å². The Balaban J connectivity index is 1.90. The van der Waals surface area contributed by atoms with Crippen LogP contribution in [-0.2, 0) is 22.2 Å². The molecule has 0 unspecified atom stereocenters. The number of aromatic nitrogens is 1. The molecule has 1 aromatic heterocycles. The Labute approximate surface area is 200 Å². The zero-order chi connectivity index (χ0) is 24.2. The third kappa shape index (κ3) is 5.59. The zero-order valence-corrected chi connectivity index (χ0v) is 20.7. The van der Waals surface area contributed by atoms with Crippen LogP contribution in [0.1, 0.15) is 36.5 Å². The number of piperidine rings is 1. The summed E-state index contributed by atoms with van der Waals surface area (Å²) in [6, 6.07) is 9.70. The third-order valence-corrected chi connectivity index (χ3v) is 8.06. The molecule has 1 saturated heterocycles. The number of hydrogen-bond acceptors (Lipinski definition) is 7. The maximum Gasteiger partial charge on any atom is 0.232 e. The van der Waals surface area contributed by atoms with E-state index in [0.717, 1.165) is 43.3 Å². The lowest BCUT2D eigenvalue weighted by atomic mass is 10.0. The molecule has 1 aliphatic rings. The van der Waals surface area contributed by atoms with Gasteiger partial charge in [0, 0.05) is 31.9 Å². The van der Waals surface area contributed by atoms with Gasteiger partial charge in [-0.3, -0.25) is 4.31 Å². The van der Waals surface area contributed by atoms with Crippen LogP contribution in [0.15, 0.2) is 29.3 Å². The average Bonchev–Trinajstić information content (AvgIpc) is 2.81. The van der Waals surface area contributed by atoms with Crippen LogP contribution in [-0.4, -0.2) is 45.8 Å². The maximum atomic E-state index is 11.7. The number of thioether (sulfide) groups is 1. The van der Waals surface area contributed by atoms with Crippen molar-refractivity contribution in [1.29, 1.82) is 5.26 Å². The smallest absolute Gasteiger partial charge is 0.232 e. The predicted molar refractivity (Wildman–Crippen MR) is 133 cm³/mol. The van der Waals surface area contributed by atoms with Crippen LogP contribution < -0.4 is 14.9 Å². The minimum atomic E-state index is -3.32. The molecule has 0 radical (unpaired) electrons. The Hall–Kier alpha value is -2.79. The van der Waals surface area contributed by atoms with Crippen molar-refractivity contribution < 1.29 is 8.42 Å². The van der Waals surface area contributed by atoms with E-state index in [1.807, 2.05) is 19.1 Å². The van der Waals surface area contributed by atoms with E-state index in [0.29, 0.717) is 40.0 Å². The van der Waals surface area contributed by atoms with E-state index in [-0.39, 0.29) is 6.04 Å². The molecule has 0 bridgehead atoms. The largest absolute Gasteiger partial charge is 0.365 e. The van der Waals surface area contributed by atoms with Crippen molar-refractivity contribution in [1.82, 2.24) is 4.98 Å². The van der Waals surface area contributed by atoms with E-state index in [2.05, 4.69) is 15.8 Å². The standard InChI is InChI=1S/C23H28N6O2S2/c1-5-19-20(14-24)23(27-22(21(19)26-2)29-12-10-17(25)11-13-29)32-15-16-6-8-18(9-7-16)28(3)33(4,30)31/h6-9,17H,5,10-13,15,25H2,1,3-4H3. The first kappa shape index (κ1) is 24.8. The summed E-state index contributed by atoms with van der Waals surface area (Å²) in [5, 5.41) is 10.5. The summed E-state index contributed by atoms with van der Waals surface area (Å²) < 4.78 is 24.7. The lowest BCUT2D eigenvalue weighted by molar-refractivity contribution is 0.498. The van der Waals surface area contributed by atoms with Crippen molar-refractivity contribution >= 4 is 39.0 Å². The number of rotatable bonds is 7. The molecule has 33 heavy (non-hydrogen) atoms. The molecule has 3 rings (SSSR count). The lowest BCUT2D eigenvalue weighted by Crippen LogP contribution is -2.40. The Morgan fingerprint density at radius 2 is 1.97 bits per heavy atom. The van der Waals surface area contributed by atoms with Gasteiger partial charge in [-0.2, -0.15) is 5.26 Å². The monoisotopic (exact) mass is 484 g/mol. The number of nitrogens with zero attached hydrogens (tertiary/aromatic N) is 5. The summed E-state index contributed by atoms with van der Waals surface area (Å²) in [5.74, 6) is 1.20. The quantitative estimate of drug-likeness (QED) is 0.472. The van der Waals surface area contributed by atoms with Crippen LogP contribution in [0.2, 0.25) is 0 Å². The maximum absolute atomic E-state index is 11.7. The predicted octanol–water partition coefficient (Wildman–Crippen LogP) is 3.68. The normalized spacial score (nSPS) is 14.5. The van der Waals surface area contributed by atoms with Gasteiger partial charge >= 0.3 is 0 Å². The number of benzene rings is 1. The highest BCUT2D eigenvalue weighted by Crippen LogP contribution is 2.39. The molecule has 0 atom stereocenters. The third-order valence-electron chi connectivity index (χ3n) is 5.81. The van der Waals surface area contributed by atoms with E-state index in [1.54, 1.807) is 12.1 Å². The summed E-state index contributed by atoms with van der Waals surface area (Å²) >= 11 is 1.45. The fraction of sp³-hybridized carbons (Fsp3) is 0.435. The summed E-state index contributed by atoms with van der Waals surface area (Å²) in [5.41, 5.74) is 9.27. The van der Waals surface area contributed by atoms with Crippen LogP contribution >= 0.6 is 11.8 Å². The van der Waals surface area contributed by atoms with Gasteiger partial charge in [0.1, 0.15) is 16.9 Å². The molecule has 0 amide bonds. The molecule has 1 aromatic carbocycles. The van der Waals surface area contributed by atoms with Crippen molar-refractivity contribution in [2.45, 2.75) is 43.0 Å². The van der Waals surface area contributed by atoms with E-state index < -0.39 is 10.0 Å². The Bertz CT molecular complexity index is 1190. The number of nitriles is 1. The second-order valence-electron chi connectivity index (χ2n) is 8.03. The van der Waals surface area contributed by atoms with Gasteiger partial charge in [-0.15, -0.1) is 11.8 Å². The first-order valence-corrected chi connectivity index (χ1v) is 13.5. The van der Waals surface area contributed by atoms with Gasteiger partial charge in [0.05, 0.1) is 24.1 Å². The van der Waals surface area contributed by atoms with Gasteiger partial charge in [-0.05, 0) is 42.5 Å². The molecule has 1 fully saturated rings. The second kappa shape index (κ2) is 10.4. The SMILES string of the molecule is [C-]#[N+]c1c(N2CCC(N)CC2)nc(SCc2ccc(N(C)S(C)(=O)=O)cc2)c(C#N)c1CC. The fourth-order valence-electron chi connectivity index (χ4n) is 3.75. The molecule has 1 aliphatic heterocycles. The van der Waals surface area contributed by atoms with E-state index in [4.69, 9.17) is 17.3 Å². The number of nitrogens with two attached hydrogens (primary N) is 1. The lowest BCUT2D eigenvalue weighted by Gasteiger charge is -2.32. The molecule has 0 spiro atoms. The van der Waals surface area contributed by atoms with Crippen molar-refractivity contribution in [3.8, 4) is 6.07 Å². The van der Waals surface area contributed by atoms with E-state index >= 15 is 0 Å². The van der Waals surface area contributed by atoms with Crippen molar-refractivity contribution in [2.24, 2.45) is 5.73 Å². The Morgan fingerprint density at radius 3 is 2.48 bits per heavy atom. The van der Waals surface area contributed by atoms with Gasteiger partial charge in [0.25, 0.3) is 0 Å². The van der Waals surface area contributed by atoms with Crippen LogP contribution in [0.25, 0.3) is 4.85 Å². The molecule has 8 nitrogen and oxygen atoms in total.